The molecule has 1 saturated heterocycles. The number of ether oxygens (including phenoxy) is 1. The van der Waals surface area contributed by atoms with Crippen LogP contribution in [0.2, 0.25) is 0 Å². The SMILES string of the molecule is CCOC(=O)/C(C)=C/CN(C)C(=O)C(NC(=O)[C@H]1N(C)CCSC1(C)C)C(C)(C)C. The highest BCUT2D eigenvalue weighted by Crippen LogP contribution is 2.35. The monoisotopic (exact) mass is 441 g/mol. The molecule has 0 aromatic heterocycles. The maximum Gasteiger partial charge on any atom is 0.333 e. The zero-order valence-corrected chi connectivity index (χ0v) is 20.8. The first kappa shape index (κ1) is 26.5. The number of hydrogen-bond acceptors (Lipinski definition) is 6. The van der Waals surface area contributed by atoms with Crippen molar-refractivity contribution in [1.82, 2.24) is 15.1 Å². The molecule has 0 aromatic rings. The summed E-state index contributed by atoms with van der Waals surface area (Å²) in [5.41, 5.74) is -0.0127. The Morgan fingerprint density at radius 2 is 1.93 bits per heavy atom. The third kappa shape index (κ3) is 7.01. The highest BCUT2D eigenvalue weighted by atomic mass is 32.2. The third-order valence-electron chi connectivity index (χ3n) is 5.31. The topological polar surface area (TPSA) is 79.0 Å². The second-order valence-corrected chi connectivity index (χ2v) is 11.2. The predicted octanol–water partition coefficient (Wildman–Crippen LogP) is 2.31. The number of likely N-dealkylation sites (N-methyl/N-ethyl adjacent to an activating group) is 2. The average Bonchev–Trinajstić information content (AvgIpc) is 2.61. The summed E-state index contributed by atoms with van der Waals surface area (Å²) in [6.07, 6.45) is 1.67. The van der Waals surface area contributed by atoms with E-state index >= 15 is 0 Å². The van der Waals surface area contributed by atoms with Crippen molar-refractivity contribution >= 4 is 29.5 Å². The molecular weight excluding hydrogens is 402 g/mol. The van der Waals surface area contributed by atoms with Gasteiger partial charge in [-0.3, -0.25) is 14.5 Å². The Morgan fingerprint density at radius 3 is 2.43 bits per heavy atom. The molecule has 0 saturated carbocycles. The molecule has 0 aromatic carbocycles. The van der Waals surface area contributed by atoms with Crippen molar-refractivity contribution in [1.29, 1.82) is 0 Å². The second-order valence-electron chi connectivity index (χ2n) is 9.47. The Kier molecular flexibility index (Phi) is 9.42. The number of esters is 1. The molecule has 2 atom stereocenters. The molecule has 2 amide bonds. The summed E-state index contributed by atoms with van der Waals surface area (Å²) < 4.78 is 4.73. The fourth-order valence-electron chi connectivity index (χ4n) is 3.49. The van der Waals surface area contributed by atoms with Gasteiger partial charge in [-0.05, 0) is 40.2 Å². The molecule has 30 heavy (non-hydrogen) atoms. The van der Waals surface area contributed by atoms with Gasteiger partial charge >= 0.3 is 5.97 Å². The van der Waals surface area contributed by atoms with Crippen LogP contribution in [0.25, 0.3) is 0 Å². The summed E-state index contributed by atoms with van der Waals surface area (Å²) in [7, 11) is 3.63. The molecule has 1 aliphatic rings. The zero-order valence-electron chi connectivity index (χ0n) is 20.0. The van der Waals surface area contributed by atoms with Crippen LogP contribution in [0.3, 0.4) is 0 Å². The van der Waals surface area contributed by atoms with Crippen molar-refractivity contribution in [3.8, 4) is 0 Å². The van der Waals surface area contributed by atoms with E-state index in [2.05, 4.69) is 24.1 Å². The molecule has 0 spiro atoms. The molecule has 0 aliphatic carbocycles. The third-order valence-corrected chi connectivity index (χ3v) is 6.66. The molecule has 1 heterocycles. The summed E-state index contributed by atoms with van der Waals surface area (Å²) in [4.78, 5) is 41.8. The van der Waals surface area contributed by atoms with Crippen LogP contribution in [0.4, 0.5) is 0 Å². The van der Waals surface area contributed by atoms with Gasteiger partial charge in [0.1, 0.15) is 12.1 Å². The lowest BCUT2D eigenvalue weighted by Gasteiger charge is -2.44. The maximum atomic E-state index is 13.2. The molecule has 0 radical (unpaired) electrons. The van der Waals surface area contributed by atoms with Crippen LogP contribution in [0, 0.1) is 5.41 Å². The van der Waals surface area contributed by atoms with Crippen molar-refractivity contribution in [3.05, 3.63) is 11.6 Å². The highest BCUT2D eigenvalue weighted by molar-refractivity contribution is 8.00. The summed E-state index contributed by atoms with van der Waals surface area (Å²) in [5.74, 6) is 0.269. The maximum absolute atomic E-state index is 13.2. The van der Waals surface area contributed by atoms with E-state index in [0.29, 0.717) is 12.2 Å². The number of amides is 2. The van der Waals surface area contributed by atoms with Crippen molar-refractivity contribution in [2.45, 2.75) is 65.3 Å². The summed E-state index contributed by atoms with van der Waals surface area (Å²) >= 11 is 1.78. The van der Waals surface area contributed by atoms with E-state index in [1.807, 2.05) is 27.8 Å². The minimum Gasteiger partial charge on any atom is -0.463 e. The first-order valence-corrected chi connectivity index (χ1v) is 11.4. The Morgan fingerprint density at radius 1 is 1.33 bits per heavy atom. The summed E-state index contributed by atoms with van der Waals surface area (Å²) in [6, 6.07) is -0.993. The Balaban J connectivity index is 2.96. The molecule has 8 heteroatoms. The molecule has 1 aliphatic heterocycles. The largest absolute Gasteiger partial charge is 0.463 e. The number of carbonyl (C=O) groups is 3. The Labute approximate surface area is 185 Å². The van der Waals surface area contributed by atoms with Gasteiger partial charge in [-0.1, -0.05) is 26.8 Å². The first-order valence-electron chi connectivity index (χ1n) is 10.5. The van der Waals surface area contributed by atoms with E-state index in [0.717, 1.165) is 12.3 Å². The van der Waals surface area contributed by atoms with Gasteiger partial charge < -0.3 is 15.0 Å². The van der Waals surface area contributed by atoms with E-state index in [-0.39, 0.29) is 35.1 Å². The van der Waals surface area contributed by atoms with Crippen molar-refractivity contribution in [3.63, 3.8) is 0 Å². The number of thioether (sulfide) groups is 1. The summed E-state index contributed by atoms with van der Waals surface area (Å²) in [5, 5.41) is 3.03. The predicted molar refractivity (Wildman–Crippen MR) is 122 cm³/mol. The van der Waals surface area contributed by atoms with Gasteiger partial charge in [-0.2, -0.15) is 11.8 Å². The van der Waals surface area contributed by atoms with Gasteiger partial charge in [-0.25, -0.2) is 4.79 Å². The number of rotatable bonds is 7. The minimum atomic E-state index is -0.678. The number of carbonyl (C=O) groups excluding carboxylic acids is 3. The van der Waals surface area contributed by atoms with Crippen LogP contribution < -0.4 is 5.32 Å². The van der Waals surface area contributed by atoms with Crippen LogP contribution >= 0.6 is 11.8 Å². The molecule has 172 valence electrons. The molecule has 1 fully saturated rings. The van der Waals surface area contributed by atoms with E-state index in [9.17, 15) is 14.4 Å². The van der Waals surface area contributed by atoms with Gasteiger partial charge in [0.05, 0.1) is 6.61 Å². The standard InChI is InChI=1S/C22H39N3O4S/c1-10-29-20(28)15(2)11-12-25(9)19(27)16(21(3,4)5)23-18(26)17-22(6,7)30-14-13-24(17)8/h11,16-17H,10,12-14H2,1-9H3,(H,23,26)/b15-11+/t16?,17-/m1/s1. The quantitative estimate of drug-likeness (QED) is 0.482. The Hall–Kier alpha value is -1.54. The average molecular weight is 442 g/mol. The molecule has 1 unspecified atom stereocenters. The van der Waals surface area contributed by atoms with E-state index in [4.69, 9.17) is 4.74 Å². The lowest BCUT2D eigenvalue weighted by molar-refractivity contribution is -0.140. The van der Waals surface area contributed by atoms with Gasteiger partial charge in [0.15, 0.2) is 0 Å². The number of nitrogens with one attached hydrogen (secondary N) is 1. The molecule has 0 bridgehead atoms. The summed E-state index contributed by atoms with van der Waals surface area (Å²) in [6.45, 7) is 14.8. The van der Waals surface area contributed by atoms with Crippen LogP contribution in [-0.4, -0.2) is 84.0 Å². The Bertz CT molecular complexity index is 670. The fraction of sp³-hybridized carbons (Fsp3) is 0.773. The van der Waals surface area contributed by atoms with Gasteiger partial charge in [0, 0.05) is 36.2 Å². The zero-order chi connectivity index (χ0) is 23.3. The number of nitrogens with zero attached hydrogens (tertiary/aromatic N) is 2. The number of hydrogen-bond donors (Lipinski definition) is 1. The molecule has 7 nitrogen and oxygen atoms in total. The van der Waals surface area contributed by atoms with Crippen molar-refractivity contribution in [2.75, 3.05) is 39.5 Å². The van der Waals surface area contributed by atoms with Crippen LogP contribution in [0.1, 0.15) is 48.5 Å². The van der Waals surface area contributed by atoms with Crippen LogP contribution in [-0.2, 0) is 19.1 Å². The molecule has 1 N–H and O–H groups in total. The van der Waals surface area contributed by atoms with Crippen molar-refractivity contribution in [2.24, 2.45) is 5.41 Å². The molecular formula is C22H39N3O4S. The first-order chi connectivity index (χ1) is 13.7. The smallest absolute Gasteiger partial charge is 0.333 e. The van der Waals surface area contributed by atoms with Gasteiger partial charge in [-0.15, -0.1) is 0 Å². The van der Waals surface area contributed by atoms with Gasteiger partial charge in [0.2, 0.25) is 11.8 Å². The molecule has 1 rings (SSSR count). The lowest BCUT2D eigenvalue weighted by atomic mass is 9.85. The minimum absolute atomic E-state index is 0.130. The van der Waals surface area contributed by atoms with Crippen molar-refractivity contribution < 1.29 is 19.1 Å². The fourth-order valence-corrected chi connectivity index (χ4v) is 4.84. The highest BCUT2D eigenvalue weighted by Gasteiger charge is 2.44. The van der Waals surface area contributed by atoms with Crippen LogP contribution in [0.5, 0.6) is 0 Å². The normalized spacial score (nSPS) is 21.0. The second kappa shape index (κ2) is 10.7. The van der Waals surface area contributed by atoms with Gasteiger partial charge in [0.25, 0.3) is 0 Å². The lowest BCUT2D eigenvalue weighted by Crippen LogP contribution is -2.63. The van der Waals surface area contributed by atoms with E-state index in [1.165, 1.54) is 4.90 Å². The van der Waals surface area contributed by atoms with E-state index < -0.39 is 11.5 Å². The van der Waals surface area contributed by atoms with Crippen LogP contribution in [0.15, 0.2) is 11.6 Å². The van der Waals surface area contributed by atoms with E-state index in [1.54, 1.807) is 38.7 Å².